The molecule has 2 saturated heterocycles. The average Bonchev–Trinajstić information content (AvgIpc) is 3.24. The monoisotopic (exact) mass is 407 g/mol. The van der Waals surface area contributed by atoms with Crippen LogP contribution in [0.4, 0.5) is 0 Å². The van der Waals surface area contributed by atoms with E-state index in [1.807, 2.05) is 18.2 Å². The molecule has 0 bridgehead atoms. The molecule has 0 N–H and O–H groups in total. The molecule has 2 aliphatic heterocycles. The van der Waals surface area contributed by atoms with Gasteiger partial charge in [0.15, 0.2) is 9.84 Å². The summed E-state index contributed by atoms with van der Waals surface area (Å²) >= 11 is 1.75. The van der Waals surface area contributed by atoms with Crippen LogP contribution in [0.3, 0.4) is 0 Å². The number of sulfone groups is 1. The van der Waals surface area contributed by atoms with Crippen LogP contribution in [0.1, 0.15) is 30.2 Å². The number of carbonyl (C=O) groups is 1. The number of para-hydroxylation sites is 1. The number of thiazole rings is 1. The van der Waals surface area contributed by atoms with Gasteiger partial charge in [-0.15, -0.1) is 11.3 Å². The lowest BCUT2D eigenvalue weighted by Crippen LogP contribution is -2.46. The summed E-state index contributed by atoms with van der Waals surface area (Å²) in [7, 11) is -1.24. The minimum absolute atomic E-state index is 0.0158. The lowest BCUT2D eigenvalue weighted by Gasteiger charge is -2.33. The summed E-state index contributed by atoms with van der Waals surface area (Å²) in [5, 5.41) is 1.16. The Kier molecular flexibility index (Phi) is 5.22. The Balaban J connectivity index is 1.38. The van der Waals surface area contributed by atoms with E-state index in [9.17, 15) is 13.2 Å². The second-order valence-corrected chi connectivity index (χ2v) is 10.9. The van der Waals surface area contributed by atoms with E-state index in [0.717, 1.165) is 36.5 Å². The number of rotatable bonds is 4. The van der Waals surface area contributed by atoms with E-state index in [-0.39, 0.29) is 23.5 Å². The molecule has 0 saturated carbocycles. The van der Waals surface area contributed by atoms with Gasteiger partial charge in [0.25, 0.3) is 0 Å². The zero-order chi connectivity index (χ0) is 19.0. The van der Waals surface area contributed by atoms with Crippen LogP contribution in [0, 0.1) is 0 Å². The quantitative estimate of drug-likeness (QED) is 0.776. The van der Waals surface area contributed by atoms with Gasteiger partial charge in [0.05, 0.1) is 33.3 Å². The number of likely N-dealkylation sites (tertiary alicyclic amines) is 1. The number of amides is 1. The Morgan fingerprint density at radius 2 is 2.15 bits per heavy atom. The van der Waals surface area contributed by atoms with Crippen molar-refractivity contribution in [2.45, 2.75) is 31.2 Å². The summed E-state index contributed by atoms with van der Waals surface area (Å²) < 4.78 is 24.6. The first-order valence-corrected chi connectivity index (χ1v) is 12.1. The van der Waals surface area contributed by atoms with Crippen molar-refractivity contribution in [3.05, 3.63) is 29.3 Å². The fourth-order valence-electron chi connectivity index (χ4n) is 4.05. The number of fused-ring (bicyclic) bond motifs is 1. The minimum Gasteiger partial charge on any atom is -0.341 e. The Labute approximate surface area is 164 Å². The Morgan fingerprint density at radius 3 is 2.89 bits per heavy atom. The third-order valence-corrected chi connectivity index (χ3v) is 8.62. The second kappa shape index (κ2) is 7.48. The Morgan fingerprint density at radius 1 is 1.33 bits per heavy atom. The average molecular weight is 408 g/mol. The number of likely N-dealkylation sites (N-methyl/N-ethyl adjacent to an activating group) is 1. The highest BCUT2D eigenvalue weighted by atomic mass is 32.2. The van der Waals surface area contributed by atoms with Crippen molar-refractivity contribution in [2.24, 2.45) is 0 Å². The first-order valence-electron chi connectivity index (χ1n) is 9.45. The minimum atomic E-state index is -2.98. The molecule has 1 aromatic carbocycles. The van der Waals surface area contributed by atoms with E-state index in [1.54, 1.807) is 23.3 Å². The van der Waals surface area contributed by atoms with Crippen molar-refractivity contribution in [3.63, 3.8) is 0 Å². The van der Waals surface area contributed by atoms with Crippen LogP contribution in [0.25, 0.3) is 10.2 Å². The second-order valence-electron chi connectivity index (χ2n) is 7.66. The van der Waals surface area contributed by atoms with Gasteiger partial charge >= 0.3 is 0 Å². The number of hydrogen-bond acceptors (Lipinski definition) is 6. The fourth-order valence-corrected chi connectivity index (χ4v) is 6.92. The zero-order valence-electron chi connectivity index (χ0n) is 15.5. The highest BCUT2D eigenvalue weighted by Gasteiger charge is 2.33. The predicted octanol–water partition coefficient (Wildman–Crippen LogP) is 2.12. The maximum Gasteiger partial charge on any atom is 0.236 e. The number of hydrogen-bond donors (Lipinski definition) is 0. The molecule has 146 valence electrons. The molecule has 0 radical (unpaired) electrons. The molecule has 2 aliphatic rings. The molecule has 0 unspecified atom stereocenters. The third-order valence-electron chi connectivity index (χ3n) is 5.67. The van der Waals surface area contributed by atoms with Crippen LogP contribution >= 0.6 is 11.3 Å². The summed E-state index contributed by atoms with van der Waals surface area (Å²) in [6.07, 6.45) is 2.70. The lowest BCUT2D eigenvalue weighted by molar-refractivity contribution is -0.133. The molecule has 27 heavy (non-hydrogen) atoms. The van der Waals surface area contributed by atoms with Crippen molar-refractivity contribution < 1.29 is 13.2 Å². The maximum absolute atomic E-state index is 12.7. The smallest absolute Gasteiger partial charge is 0.236 e. The molecule has 0 spiro atoms. The number of piperidine rings is 1. The molecular formula is C19H25N3O3S2. The van der Waals surface area contributed by atoms with Crippen molar-refractivity contribution in [3.8, 4) is 0 Å². The molecule has 1 aromatic heterocycles. The zero-order valence-corrected chi connectivity index (χ0v) is 17.1. The molecular weight excluding hydrogens is 382 g/mol. The molecule has 1 amide bonds. The lowest BCUT2D eigenvalue weighted by atomic mass is 9.98. The van der Waals surface area contributed by atoms with Gasteiger partial charge in [-0.3, -0.25) is 9.69 Å². The van der Waals surface area contributed by atoms with Crippen molar-refractivity contribution in [1.82, 2.24) is 14.8 Å². The number of benzene rings is 1. The molecule has 2 aromatic rings. The largest absolute Gasteiger partial charge is 0.341 e. The van der Waals surface area contributed by atoms with Gasteiger partial charge in [-0.05, 0) is 37.9 Å². The standard InChI is InChI=1S/C19H25N3O3S2/c1-21(15-8-10-27(24,25)13-15)18(23)12-22-9-4-5-14(11-22)19-20-16-6-2-3-7-17(16)26-19/h2-3,6-7,14-15H,4-5,8-13H2,1H3/t14-,15+/m0/s1. The molecule has 2 fully saturated rings. The fraction of sp³-hybridized carbons (Fsp3) is 0.579. The van der Waals surface area contributed by atoms with E-state index in [2.05, 4.69) is 11.0 Å². The van der Waals surface area contributed by atoms with Crippen LogP contribution < -0.4 is 0 Å². The highest BCUT2D eigenvalue weighted by molar-refractivity contribution is 7.91. The van der Waals surface area contributed by atoms with Gasteiger partial charge in [0, 0.05) is 25.6 Å². The first kappa shape index (κ1) is 18.8. The van der Waals surface area contributed by atoms with Crippen LogP contribution in [0.15, 0.2) is 24.3 Å². The van der Waals surface area contributed by atoms with Gasteiger partial charge in [0.1, 0.15) is 0 Å². The molecule has 3 heterocycles. The summed E-state index contributed by atoms with van der Waals surface area (Å²) in [6, 6.07) is 8.02. The Hall–Kier alpha value is -1.51. The van der Waals surface area contributed by atoms with Crippen LogP contribution in [-0.4, -0.2) is 73.3 Å². The van der Waals surface area contributed by atoms with Crippen molar-refractivity contribution >= 4 is 37.3 Å². The van der Waals surface area contributed by atoms with E-state index in [0.29, 0.717) is 18.9 Å². The van der Waals surface area contributed by atoms with E-state index in [4.69, 9.17) is 4.98 Å². The van der Waals surface area contributed by atoms with Gasteiger partial charge in [-0.1, -0.05) is 12.1 Å². The van der Waals surface area contributed by atoms with E-state index >= 15 is 0 Å². The Bertz CT molecular complexity index is 908. The molecule has 4 rings (SSSR count). The normalized spacial score (nSPS) is 25.7. The van der Waals surface area contributed by atoms with Gasteiger partial charge in [-0.2, -0.15) is 0 Å². The highest BCUT2D eigenvalue weighted by Crippen LogP contribution is 2.33. The number of nitrogens with zero attached hydrogens (tertiary/aromatic N) is 3. The SMILES string of the molecule is CN(C(=O)CN1CCC[C@H](c2nc3ccccc3s2)C1)[C@@H]1CCS(=O)(=O)C1. The molecule has 8 heteroatoms. The van der Waals surface area contributed by atoms with E-state index in [1.165, 1.54) is 4.70 Å². The van der Waals surface area contributed by atoms with Crippen LogP contribution in [0.2, 0.25) is 0 Å². The summed E-state index contributed by atoms with van der Waals surface area (Å²) in [5.74, 6) is 0.672. The first-order chi connectivity index (χ1) is 12.9. The van der Waals surface area contributed by atoms with Crippen molar-refractivity contribution in [2.75, 3.05) is 38.2 Å². The molecule has 0 aliphatic carbocycles. The van der Waals surface area contributed by atoms with Crippen LogP contribution in [0.5, 0.6) is 0 Å². The van der Waals surface area contributed by atoms with Gasteiger partial charge in [0.2, 0.25) is 5.91 Å². The third kappa shape index (κ3) is 4.17. The summed E-state index contributed by atoms with van der Waals surface area (Å²) in [6.45, 7) is 2.10. The van der Waals surface area contributed by atoms with Crippen molar-refractivity contribution in [1.29, 1.82) is 0 Å². The molecule has 6 nitrogen and oxygen atoms in total. The topological polar surface area (TPSA) is 70.6 Å². The predicted molar refractivity (Wildman–Crippen MR) is 108 cm³/mol. The molecule has 2 atom stereocenters. The number of aromatic nitrogens is 1. The summed E-state index contributed by atoms with van der Waals surface area (Å²) in [5.41, 5.74) is 1.05. The maximum atomic E-state index is 12.7. The van der Waals surface area contributed by atoms with Gasteiger partial charge in [-0.25, -0.2) is 13.4 Å². The van der Waals surface area contributed by atoms with E-state index < -0.39 is 9.84 Å². The number of carbonyl (C=O) groups excluding carboxylic acids is 1. The summed E-state index contributed by atoms with van der Waals surface area (Å²) in [4.78, 5) is 21.3. The van der Waals surface area contributed by atoms with Crippen LogP contribution in [-0.2, 0) is 14.6 Å². The van der Waals surface area contributed by atoms with Gasteiger partial charge < -0.3 is 4.90 Å².